The van der Waals surface area contributed by atoms with Crippen molar-refractivity contribution in [2.24, 2.45) is 0 Å². The van der Waals surface area contributed by atoms with E-state index in [9.17, 15) is 4.79 Å². The van der Waals surface area contributed by atoms with Crippen LogP contribution in [0, 0.1) is 0 Å². The van der Waals surface area contributed by atoms with E-state index >= 15 is 0 Å². The molecule has 2 aromatic carbocycles. The lowest BCUT2D eigenvalue weighted by molar-refractivity contribution is -0.140. The molecule has 2 saturated heterocycles. The minimum atomic E-state index is 0.244. The van der Waals surface area contributed by atoms with Gasteiger partial charge < -0.3 is 9.64 Å². The zero-order valence-electron chi connectivity index (χ0n) is 13.2. The second kappa shape index (κ2) is 6.17. The summed E-state index contributed by atoms with van der Waals surface area (Å²) in [6.45, 7) is 1.41. The maximum absolute atomic E-state index is 12.7. The number of rotatable bonds is 3. The van der Waals surface area contributed by atoms with Crippen molar-refractivity contribution in [3.63, 3.8) is 0 Å². The number of fused-ring (bicyclic) bond motifs is 2. The lowest BCUT2D eigenvalue weighted by Crippen LogP contribution is -2.49. The van der Waals surface area contributed by atoms with E-state index in [0.29, 0.717) is 31.7 Å². The van der Waals surface area contributed by atoms with Gasteiger partial charge in [0, 0.05) is 0 Å². The summed E-state index contributed by atoms with van der Waals surface area (Å²) in [5.41, 5.74) is 3.48. The first kappa shape index (κ1) is 14.5. The molecule has 23 heavy (non-hydrogen) atoms. The van der Waals surface area contributed by atoms with Crippen molar-refractivity contribution >= 4 is 5.91 Å². The number of hydrogen-bond donors (Lipinski definition) is 0. The Morgan fingerprint density at radius 2 is 1.52 bits per heavy atom. The Hall–Kier alpha value is -2.13. The second-order valence-electron chi connectivity index (χ2n) is 6.46. The third kappa shape index (κ3) is 2.89. The number of benzene rings is 2. The molecule has 2 atom stereocenters. The van der Waals surface area contributed by atoms with Gasteiger partial charge in [0.05, 0.1) is 31.7 Å². The molecule has 4 rings (SSSR count). The predicted molar refractivity (Wildman–Crippen MR) is 90.1 cm³/mol. The number of carbonyl (C=O) groups excluding carboxylic acids is 1. The summed E-state index contributed by atoms with van der Waals surface area (Å²) < 4.78 is 5.56. The summed E-state index contributed by atoms with van der Waals surface area (Å²) >= 11 is 0. The summed E-state index contributed by atoms with van der Waals surface area (Å²) in [4.78, 5) is 14.7. The van der Waals surface area contributed by atoms with E-state index in [1.165, 1.54) is 11.1 Å². The molecule has 2 aliphatic rings. The minimum Gasteiger partial charge on any atom is -0.377 e. The molecule has 2 heterocycles. The van der Waals surface area contributed by atoms with Crippen LogP contribution in [-0.4, -0.2) is 36.1 Å². The average molecular weight is 307 g/mol. The van der Waals surface area contributed by atoms with Crippen LogP contribution in [-0.2, 0) is 16.0 Å². The molecule has 0 aromatic heterocycles. The summed E-state index contributed by atoms with van der Waals surface area (Å²) in [7, 11) is 0. The molecule has 0 spiro atoms. The number of morpholine rings is 1. The van der Waals surface area contributed by atoms with E-state index in [0.717, 1.165) is 18.4 Å². The highest BCUT2D eigenvalue weighted by atomic mass is 16.5. The van der Waals surface area contributed by atoms with Crippen molar-refractivity contribution in [2.75, 3.05) is 13.2 Å². The van der Waals surface area contributed by atoms with E-state index in [2.05, 4.69) is 41.3 Å². The largest absolute Gasteiger partial charge is 0.377 e. The molecule has 0 N–H and O–H groups in total. The van der Waals surface area contributed by atoms with E-state index in [-0.39, 0.29) is 5.91 Å². The smallest absolute Gasteiger partial charge is 0.227 e. The Morgan fingerprint density at radius 1 is 0.913 bits per heavy atom. The van der Waals surface area contributed by atoms with Crippen LogP contribution in [0.4, 0.5) is 0 Å². The SMILES string of the molecule is O=C(Cc1ccc(-c2ccccc2)cc1)N1[C@@H]2CC[C@H]1COC2. The van der Waals surface area contributed by atoms with Gasteiger partial charge in [0.25, 0.3) is 0 Å². The van der Waals surface area contributed by atoms with Gasteiger partial charge in [0.15, 0.2) is 0 Å². The fourth-order valence-corrected chi connectivity index (χ4v) is 3.75. The van der Waals surface area contributed by atoms with Gasteiger partial charge in [0.1, 0.15) is 0 Å². The van der Waals surface area contributed by atoms with Crippen LogP contribution in [0.15, 0.2) is 54.6 Å². The van der Waals surface area contributed by atoms with Gasteiger partial charge in [-0.1, -0.05) is 54.6 Å². The van der Waals surface area contributed by atoms with Crippen molar-refractivity contribution in [1.82, 2.24) is 4.90 Å². The molecule has 0 aliphatic carbocycles. The maximum Gasteiger partial charge on any atom is 0.227 e. The van der Waals surface area contributed by atoms with E-state index in [1.807, 2.05) is 18.2 Å². The third-order valence-corrected chi connectivity index (χ3v) is 4.94. The van der Waals surface area contributed by atoms with Gasteiger partial charge in [-0.3, -0.25) is 4.79 Å². The molecule has 2 fully saturated rings. The number of nitrogens with zero attached hydrogens (tertiary/aromatic N) is 1. The highest BCUT2D eigenvalue weighted by Gasteiger charge is 2.39. The van der Waals surface area contributed by atoms with Gasteiger partial charge in [0.2, 0.25) is 5.91 Å². The Balaban J connectivity index is 1.46. The molecule has 3 nitrogen and oxygen atoms in total. The van der Waals surface area contributed by atoms with Crippen molar-refractivity contribution < 1.29 is 9.53 Å². The zero-order chi connectivity index (χ0) is 15.6. The molecule has 2 aromatic rings. The first-order valence-electron chi connectivity index (χ1n) is 8.34. The van der Waals surface area contributed by atoms with Gasteiger partial charge in [-0.25, -0.2) is 0 Å². The highest BCUT2D eigenvalue weighted by molar-refractivity contribution is 5.80. The maximum atomic E-state index is 12.7. The van der Waals surface area contributed by atoms with Crippen LogP contribution in [0.3, 0.4) is 0 Å². The average Bonchev–Trinajstić information content (AvgIpc) is 2.86. The molecule has 2 aliphatic heterocycles. The van der Waals surface area contributed by atoms with E-state index in [1.54, 1.807) is 0 Å². The van der Waals surface area contributed by atoms with Crippen molar-refractivity contribution in [1.29, 1.82) is 0 Å². The van der Waals surface area contributed by atoms with Crippen LogP contribution in [0.25, 0.3) is 11.1 Å². The Kier molecular flexibility index (Phi) is 3.88. The molecular formula is C20H21NO2. The number of hydrogen-bond acceptors (Lipinski definition) is 2. The van der Waals surface area contributed by atoms with Gasteiger partial charge >= 0.3 is 0 Å². The number of amides is 1. The molecule has 2 bridgehead atoms. The number of carbonyl (C=O) groups is 1. The minimum absolute atomic E-state index is 0.244. The van der Waals surface area contributed by atoms with Crippen molar-refractivity contribution in [2.45, 2.75) is 31.3 Å². The zero-order valence-corrected chi connectivity index (χ0v) is 13.2. The summed E-state index contributed by atoms with van der Waals surface area (Å²) in [6, 6.07) is 19.3. The topological polar surface area (TPSA) is 29.5 Å². The molecule has 0 radical (unpaired) electrons. The normalized spacial score (nSPS) is 23.0. The first-order chi connectivity index (χ1) is 11.3. The van der Waals surface area contributed by atoms with Gasteiger partial charge in [-0.15, -0.1) is 0 Å². The Morgan fingerprint density at radius 3 is 2.17 bits per heavy atom. The summed E-state index contributed by atoms with van der Waals surface area (Å²) in [5.74, 6) is 0.244. The van der Waals surface area contributed by atoms with Crippen LogP contribution < -0.4 is 0 Å². The summed E-state index contributed by atoms with van der Waals surface area (Å²) in [5, 5.41) is 0. The van der Waals surface area contributed by atoms with Crippen LogP contribution >= 0.6 is 0 Å². The first-order valence-corrected chi connectivity index (χ1v) is 8.34. The molecular weight excluding hydrogens is 286 g/mol. The standard InChI is InChI=1S/C20H21NO2/c22-20(21-18-10-11-19(21)14-23-13-18)12-15-6-8-17(9-7-15)16-4-2-1-3-5-16/h1-9,18-19H,10-14H2/t18-,19+. The Bertz CT molecular complexity index is 665. The molecule has 118 valence electrons. The van der Waals surface area contributed by atoms with E-state index in [4.69, 9.17) is 4.74 Å². The number of ether oxygens (including phenoxy) is 1. The molecule has 0 unspecified atom stereocenters. The molecule has 0 saturated carbocycles. The lowest BCUT2D eigenvalue weighted by Gasteiger charge is -2.34. The van der Waals surface area contributed by atoms with Gasteiger partial charge in [-0.05, 0) is 29.5 Å². The summed E-state index contributed by atoms with van der Waals surface area (Å²) in [6.07, 6.45) is 2.66. The predicted octanol–water partition coefficient (Wildman–Crippen LogP) is 3.29. The quantitative estimate of drug-likeness (QED) is 0.871. The monoisotopic (exact) mass is 307 g/mol. The molecule has 3 heteroatoms. The highest BCUT2D eigenvalue weighted by Crippen LogP contribution is 2.29. The van der Waals surface area contributed by atoms with Crippen LogP contribution in [0.5, 0.6) is 0 Å². The third-order valence-electron chi connectivity index (χ3n) is 4.94. The fourth-order valence-electron chi connectivity index (χ4n) is 3.75. The van der Waals surface area contributed by atoms with Crippen molar-refractivity contribution in [3.8, 4) is 11.1 Å². The fraction of sp³-hybridized carbons (Fsp3) is 0.350. The van der Waals surface area contributed by atoms with Crippen LogP contribution in [0.1, 0.15) is 18.4 Å². The Labute approximate surface area is 136 Å². The second-order valence-corrected chi connectivity index (χ2v) is 6.46. The molecule has 1 amide bonds. The van der Waals surface area contributed by atoms with E-state index < -0.39 is 0 Å². The van der Waals surface area contributed by atoms with Crippen LogP contribution in [0.2, 0.25) is 0 Å². The lowest BCUT2D eigenvalue weighted by atomic mass is 10.0. The van der Waals surface area contributed by atoms with Gasteiger partial charge in [-0.2, -0.15) is 0 Å². The van der Waals surface area contributed by atoms with Crippen molar-refractivity contribution in [3.05, 3.63) is 60.2 Å².